The molecule has 1 saturated heterocycles. The Balaban J connectivity index is 1.37. The Labute approximate surface area is 200 Å². The van der Waals surface area contributed by atoms with Gasteiger partial charge in [-0.15, -0.1) is 0 Å². The number of carbonyl (C=O) groups excluding carboxylic acids is 1. The van der Waals surface area contributed by atoms with Gasteiger partial charge in [-0.2, -0.15) is 0 Å². The summed E-state index contributed by atoms with van der Waals surface area (Å²) < 4.78 is 13.5. The number of aromatic amines is 1. The van der Waals surface area contributed by atoms with Crippen molar-refractivity contribution in [1.82, 2.24) is 14.5 Å². The molecule has 5 rings (SSSR count). The van der Waals surface area contributed by atoms with Crippen molar-refractivity contribution in [3.63, 3.8) is 0 Å². The summed E-state index contributed by atoms with van der Waals surface area (Å²) in [7, 11) is 1.71. The first-order valence-corrected chi connectivity index (χ1v) is 11.8. The van der Waals surface area contributed by atoms with Crippen LogP contribution in [0.3, 0.4) is 0 Å². The van der Waals surface area contributed by atoms with E-state index in [4.69, 9.17) is 9.47 Å². The van der Waals surface area contributed by atoms with Gasteiger partial charge in [0.25, 0.3) is 0 Å². The Morgan fingerprint density at radius 3 is 2.56 bits per heavy atom. The number of nitrogens with zero attached hydrogens (tertiary/aromatic N) is 2. The average Bonchev–Trinajstić information content (AvgIpc) is 3.55. The van der Waals surface area contributed by atoms with E-state index in [1.165, 1.54) is 22.3 Å². The Kier molecular flexibility index (Phi) is 6.16. The molecule has 0 aliphatic carbocycles. The lowest BCUT2D eigenvalue weighted by Gasteiger charge is -2.23. The predicted molar refractivity (Wildman–Crippen MR) is 133 cm³/mol. The lowest BCUT2D eigenvalue weighted by molar-refractivity contribution is 0.0801. The number of likely N-dealkylation sites (tertiary alicyclic amines) is 1. The number of aromatic nitrogens is 2. The van der Waals surface area contributed by atoms with Crippen molar-refractivity contribution in [2.75, 3.05) is 13.7 Å². The number of aryl methyl sites for hydroxylation is 2. The second-order valence-corrected chi connectivity index (χ2v) is 9.14. The van der Waals surface area contributed by atoms with Gasteiger partial charge in [-0.1, -0.05) is 30.3 Å². The molecule has 1 N–H and O–H groups in total. The third kappa shape index (κ3) is 4.33. The van der Waals surface area contributed by atoms with E-state index in [2.05, 4.69) is 59.9 Å². The molecule has 6 nitrogen and oxygen atoms in total. The molecule has 0 radical (unpaired) electrons. The topological polar surface area (TPSA) is 59.5 Å². The zero-order valence-electron chi connectivity index (χ0n) is 20.0. The molecule has 0 bridgehead atoms. The monoisotopic (exact) mass is 457 g/mol. The molecule has 1 amide bonds. The molecule has 34 heavy (non-hydrogen) atoms. The lowest BCUT2D eigenvalue weighted by atomic mass is 10.0. The van der Waals surface area contributed by atoms with Gasteiger partial charge < -0.3 is 23.9 Å². The van der Waals surface area contributed by atoms with Crippen molar-refractivity contribution in [2.45, 2.75) is 45.4 Å². The first kappa shape index (κ1) is 22.3. The molecule has 2 atom stereocenters. The number of hydrogen-bond donors (Lipinski definition) is 1. The van der Waals surface area contributed by atoms with E-state index in [0.29, 0.717) is 6.54 Å². The second-order valence-electron chi connectivity index (χ2n) is 9.14. The largest absolute Gasteiger partial charge is 0.445 e. The summed E-state index contributed by atoms with van der Waals surface area (Å²) in [5.74, 6) is 0. The van der Waals surface area contributed by atoms with Crippen LogP contribution < -0.4 is 0 Å². The number of amides is 1. The predicted octanol–water partition coefficient (Wildman–Crippen LogP) is 5.54. The third-order valence-electron chi connectivity index (χ3n) is 6.88. The number of fused-ring (bicyclic) bond motifs is 1. The van der Waals surface area contributed by atoms with E-state index in [1.807, 2.05) is 35.2 Å². The second kappa shape index (κ2) is 9.39. The van der Waals surface area contributed by atoms with Gasteiger partial charge in [0.15, 0.2) is 0 Å². The third-order valence-corrected chi connectivity index (χ3v) is 6.88. The Morgan fingerprint density at radius 1 is 1.06 bits per heavy atom. The van der Waals surface area contributed by atoms with Crippen LogP contribution in [0.5, 0.6) is 0 Å². The number of benzene rings is 2. The highest BCUT2D eigenvalue weighted by atomic mass is 16.6. The number of carbonyl (C=O) groups is 1. The van der Waals surface area contributed by atoms with Gasteiger partial charge in [0, 0.05) is 47.3 Å². The van der Waals surface area contributed by atoms with Crippen LogP contribution >= 0.6 is 0 Å². The van der Waals surface area contributed by atoms with E-state index in [-0.39, 0.29) is 24.8 Å². The molecule has 2 aromatic heterocycles. The normalized spacial score (nSPS) is 18.0. The highest BCUT2D eigenvalue weighted by Gasteiger charge is 2.36. The van der Waals surface area contributed by atoms with E-state index < -0.39 is 0 Å². The maximum atomic E-state index is 13.0. The smallest absolute Gasteiger partial charge is 0.410 e. The van der Waals surface area contributed by atoms with Crippen LogP contribution in [-0.4, -0.2) is 46.3 Å². The number of methoxy groups -OCH3 is 1. The maximum Gasteiger partial charge on any atom is 0.410 e. The Hall–Kier alpha value is -3.51. The van der Waals surface area contributed by atoms with Crippen molar-refractivity contribution in [1.29, 1.82) is 0 Å². The molecular formula is C28H31N3O3. The minimum Gasteiger partial charge on any atom is -0.445 e. The zero-order valence-corrected chi connectivity index (χ0v) is 20.0. The fourth-order valence-electron chi connectivity index (χ4n) is 5.07. The summed E-state index contributed by atoms with van der Waals surface area (Å²) in [5, 5.41) is 1.18. The van der Waals surface area contributed by atoms with Gasteiger partial charge >= 0.3 is 6.09 Å². The molecule has 2 aromatic carbocycles. The van der Waals surface area contributed by atoms with Crippen LogP contribution in [0.1, 0.15) is 28.9 Å². The number of hydrogen-bond acceptors (Lipinski definition) is 3. The number of ether oxygens (including phenoxy) is 2. The van der Waals surface area contributed by atoms with Crippen molar-refractivity contribution in [2.24, 2.45) is 0 Å². The quantitative estimate of drug-likeness (QED) is 0.413. The van der Waals surface area contributed by atoms with Crippen LogP contribution in [0.15, 0.2) is 66.9 Å². The van der Waals surface area contributed by atoms with Crippen LogP contribution in [0.25, 0.3) is 16.6 Å². The fourth-order valence-corrected chi connectivity index (χ4v) is 5.07. The summed E-state index contributed by atoms with van der Waals surface area (Å²) in [6.07, 6.45) is 3.33. The van der Waals surface area contributed by atoms with Crippen molar-refractivity contribution < 1.29 is 14.3 Å². The first-order chi connectivity index (χ1) is 16.5. The SMILES string of the molecule is COC1CC(Cc2c[nH]c3ccc(-n4c(C)ccc4C)cc23)N(C(=O)OCc2ccccc2)C1. The standard InChI is InChI=1S/C28H31N3O3/c1-19-9-10-20(2)31(19)23-11-12-27-26(15-23)22(16-29-27)13-24-14-25(33-3)17-30(24)28(32)34-18-21-7-5-4-6-8-21/h4-12,15-16,24-25,29H,13-14,17-18H2,1-3H3. The highest BCUT2D eigenvalue weighted by molar-refractivity contribution is 5.85. The van der Waals surface area contributed by atoms with Gasteiger partial charge in [0.1, 0.15) is 6.61 Å². The van der Waals surface area contributed by atoms with Gasteiger partial charge in [-0.3, -0.25) is 0 Å². The molecule has 0 saturated carbocycles. The highest BCUT2D eigenvalue weighted by Crippen LogP contribution is 2.29. The molecule has 6 heteroatoms. The summed E-state index contributed by atoms with van der Waals surface area (Å²) in [5.41, 5.74) is 6.84. The van der Waals surface area contributed by atoms with Crippen LogP contribution in [0.4, 0.5) is 4.79 Å². The molecule has 0 spiro atoms. The van der Waals surface area contributed by atoms with Crippen LogP contribution in [0, 0.1) is 13.8 Å². The van der Waals surface area contributed by atoms with Gasteiger partial charge in [0.05, 0.1) is 12.6 Å². The van der Waals surface area contributed by atoms with Crippen LogP contribution in [-0.2, 0) is 22.5 Å². The number of rotatable bonds is 6. The molecule has 1 aliphatic heterocycles. The molecule has 1 aliphatic rings. The van der Waals surface area contributed by atoms with E-state index in [9.17, 15) is 4.79 Å². The van der Waals surface area contributed by atoms with E-state index >= 15 is 0 Å². The minimum atomic E-state index is -0.285. The molecular weight excluding hydrogens is 426 g/mol. The number of nitrogens with one attached hydrogen (secondary N) is 1. The van der Waals surface area contributed by atoms with Gasteiger partial charge in [-0.05, 0) is 68.1 Å². The van der Waals surface area contributed by atoms with Gasteiger partial charge in [-0.25, -0.2) is 4.79 Å². The fraction of sp³-hybridized carbons (Fsp3) is 0.321. The van der Waals surface area contributed by atoms with Crippen LogP contribution in [0.2, 0.25) is 0 Å². The summed E-state index contributed by atoms with van der Waals surface area (Å²) in [6, 6.07) is 20.6. The zero-order chi connectivity index (χ0) is 23.7. The number of H-pyrrole nitrogens is 1. The molecule has 1 fully saturated rings. The van der Waals surface area contributed by atoms with E-state index in [0.717, 1.165) is 29.6 Å². The summed E-state index contributed by atoms with van der Waals surface area (Å²) >= 11 is 0. The van der Waals surface area contributed by atoms with Crippen molar-refractivity contribution in [3.05, 3.63) is 89.4 Å². The molecule has 3 heterocycles. The summed E-state index contributed by atoms with van der Waals surface area (Å²) in [4.78, 5) is 18.2. The molecule has 176 valence electrons. The first-order valence-electron chi connectivity index (χ1n) is 11.8. The average molecular weight is 458 g/mol. The maximum absolute atomic E-state index is 13.0. The minimum absolute atomic E-state index is 0.0141. The Bertz CT molecular complexity index is 1270. The molecule has 2 unspecified atom stereocenters. The van der Waals surface area contributed by atoms with E-state index in [1.54, 1.807) is 7.11 Å². The van der Waals surface area contributed by atoms with Gasteiger partial charge in [0.2, 0.25) is 0 Å². The van der Waals surface area contributed by atoms with Crippen molar-refractivity contribution in [3.8, 4) is 5.69 Å². The lowest BCUT2D eigenvalue weighted by Crippen LogP contribution is -2.37. The summed E-state index contributed by atoms with van der Waals surface area (Å²) in [6.45, 7) is 5.06. The molecule has 4 aromatic rings. The Morgan fingerprint density at radius 2 is 1.82 bits per heavy atom. The van der Waals surface area contributed by atoms with Crippen molar-refractivity contribution >= 4 is 17.0 Å².